The van der Waals surface area contributed by atoms with E-state index in [2.05, 4.69) is 0 Å². The van der Waals surface area contributed by atoms with Crippen LogP contribution in [0, 0.1) is 5.92 Å². The third-order valence-corrected chi connectivity index (χ3v) is 3.68. The van der Waals surface area contributed by atoms with Crippen molar-refractivity contribution in [3.05, 3.63) is 0 Å². The average Bonchev–Trinajstić information content (AvgIpc) is 2.18. The molecule has 0 aromatic rings. The van der Waals surface area contributed by atoms with Crippen molar-refractivity contribution < 1.29 is 8.42 Å². The van der Waals surface area contributed by atoms with E-state index in [4.69, 9.17) is 11.5 Å². The maximum absolute atomic E-state index is 10.5. The molecule has 6 heteroatoms. The Morgan fingerprint density at radius 1 is 1.33 bits per heavy atom. The first-order valence-electron chi connectivity index (χ1n) is 5.43. The molecule has 1 saturated heterocycles. The molecule has 5 nitrogen and oxygen atoms in total. The van der Waals surface area contributed by atoms with Crippen LogP contribution < -0.4 is 11.5 Å². The topological polar surface area (TPSA) is 89.4 Å². The average molecular weight is 235 g/mol. The molecule has 1 aliphatic rings. The maximum Gasteiger partial charge on any atom is 0.153 e. The lowest BCUT2D eigenvalue weighted by Gasteiger charge is -2.33. The number of piperidine rings is 1. The second-order valence-electron chi connectivity index (χ2n) is 4.17. The molecule has 1 fully saturated rings. The van der Waals surface area contributed by atoms with Crippen LogP contribution in [0.1, 0.15) is 19.3 Å². The normalized spacial score (nSPS) is 22.1. The first kappa shape index (κ1) is 12.9. The van der Waals surface area contributed by atoms with Crippen molar-refractivity contribution >= 4 is 10.7 Å². The first-order chi connectivity index (χ1) is 7.13. The molecular weight excluding hydrogens is 214 g/mol. The fourth-order valence-corrected chi connectivity index (χ4v) is 2.72. The summed E-state index contributed by atoms with van der Waals surface area (Å²) in [6.07, 6.45) is 2.84. The van der Waals surface area contributed by atoms with E-state index in [9.17, 15) is 8.42 Å². The molecule has 1 rings (SSSR count). The molecule has 90 valence electrons. The van der Waals surface area contributed by atoms with Crippen molar-refractivity contribution in [1.29, 1.82) is 0 Å². The molecule has 1 atom stereocenters. The van der Waals surface area contributed by atoms with Gasteiger partial charge in [0, 0.05) is 6.04 Å². The molecule has 0 amide bonds. The Labute approximate surface area is 92.7 Å². The van der Waals surface area contributed by atoms with Crippen molar-refractivity contribution in [1.82, 2.24) is 4.90 Å². The zero-order chi connectivity index (χ0) is 11.3. The summed E-state index contributed by atoms with van der Waals surface area (Å²) in [5, 5.41) is 0. The zero-order valence-electron chi connectivity index (χ0n) is 8.97. The third kappa shape index (κ3) is 4.46. The van der Waals surface area contributed by atoms with Gasteiger partial charge in [-0.3, -0.25) is 4.90 Å². The Morgan fingerprint density at radius 3 is 2.40 bits per heavy atom. The lowest BCUT2D eigenvalue weighted by molar-refractivity contribution is 0.187. The SMILES string of the molecule is NCCC(N)C1CCN(C[SH](=O)=O)CC1. The minimum Gasteiger partial charge on any atom is -0.330 e. The number of nitrogens with two attached hydrogens (primary N) is 2. The van der Waals surface area contributed by atoms with Crippen LogP contribution in [0.25, 0.3) is 0 Å². The number of thiol groups is 1. The molecule has 0 saturated carbocycles. The van der Waals surface area contributed by atoms with Gasteiger partial charge in [0.15, 0.2) is 10.7 Å². The summed E-state index contributed by atoms with van der Waals surface area (Å²) < 4.78 is 21.1. The number of hydrogen-bond acceptors (Lipinski definition) is 5. The van der Waals surface area contributed by atoms with Crippen LogP contribution >= 0.6 is 0 Å². The minimum absolute atomic E-state index is 0.179. The van der Waals surface area contributed by atoms with Gasteiger partial charge >= 0.3 is 0 Å². The van der Waals surface area contributed by atoms with Crippen molar-refractivity contribution in [2.75, 3.05) is 25.5 Å². The van der Waals surface area contributed by atoms with E-state index >= 15 is 0 Å². The highest BCUT2D eigenvalue weighted by Crippen LogP contribution is 2.20. The first-order valence-corrected chi connectivity index (χ1v) is 6.79. The lowest BCUT2D eigenvalue weighted by atomic mass is 9.88. The fourth-order valence-electron chi connectivity index (χ4n) is 2.11. The molecule has 0 aromatic carbocycles. The third-order valence-electron chi connectivity index (χ3n) is 3.05. The van der Waals surface area contributed by atoms with Crippen molar-refractivity contribution in [3.8, 4) is 0 Å². The Hall–Kier alpha value is -0.170. The van der Waals surface area contributed by atoms with Crippen LogP contribution in [-0.4, -0.2) is 44.9 Å². The molecule has 0 aliphatic carbocycles. The predicted molar refractivity (Wildman–Crippen MR) is 61.1 cm³/mol. The quantitative estimate of drug-likeness (QED) is 0.529. The van der Waals surface area contributed by atoms with Crippen LogP contribution in [0.2, 0.25) is 0 Å². The van der Waals surface area contributed by atoms with Crippen molar-refractivity contribution in [3.63, 3.8) is 0 Å². The van der Waals surface area contributed by atoms with Crippen molar-refractivity contribution in [2.45, 2.75) is 25.3 Å². The second-order valence-corrected chi connectivity index (χ2v) is 5.12. The van der Waals surface area contributed by atoms with Gasteiger partial charge in [-0.2, -0.15) is 0 Å². The predicted octanol–water partition coefficient (Wildman–Crippen LogP) is -1.06. The molecule has 0 radical (unpaired) electrons. The summed E-state index contributed by atoms with van der Waals surface area (Å²) in [6, 6.07) is 0.179. The molecule has 1 aliphatic heterocycles. The fraction of sp³-hybridized carbons (Fsp3) is 1.00. The Kier molecular flexibility index (Phi) is 5.52. The molecule has 0 aromatic heterocycles. The van der Waals surface area contributed by atoms with E-state index in [1.54, 1.807) is 0 Å². The largest absolute Gasteiger partial charge is 0.330 e. The Bertz CT molecular complexity index is 242. The summed E-state index contributed by atoms with van der Waals surface area (Å²) in [4.78, 5) is 1.97. The monoisotopic (exact) mass is 235 g/mol. The van der Waals surface area contributed by atoms with E-state index in [1.807, 2.05) is 4.90 Å². The molecule has 15 heavy (non-hydrogen) atoms. The van der Waals surface area contributed by atoms with Crippen LogP contribution in [0.15, 0.2) is 0 Å². The van der Waals surface area contributed by atoms with E-state index in [-0.39, 0.29) is 11.9 Å². The summed E-state index contributed by atoms with van der Waals surface area (Å²) >= 11 is 0. The van der Waals surface area contributed by atoms with Crippen molar-refractivity contribution in [2.24, 2.45) is 17.4 Å². The smallest absolute Gasteiger partial charge is 0.153 e. The van der Waals surface area contributed by atoms with Gasteiger partial charge in [-0.15, -0.1) is 0 Å². The summed E-state index contributed by atoms with van der Waals surface area (Å²) in [6.45, 7) is 2.31. The second kappa shape index (κ2) is 6.42. The summed E-state index contributed by atoms with van der Waals surface area (Å²) in [5.41, 5.74) is 11.4. The highest BCUT2D eigenvalue weighted by molar-refractivity contribution is 7.72. The molecule has 0 spiro atoms. The van der Waals surface area contributed by atoms with Gasteiger partial charge in [-0.1, -0.05) is 0 Å². The zero-order valence-corrected chi connectivity index (χ0v) is 9.86. The standard InChI is InChI=1S/C9H21N3O2S/c10-4-1-9(11)8-2-5-12(6-3-8)7-15(13)14/h8-9,15H,1-7,10-11H2. The van der Waals surface area contributed by atoms with Gasteiger partial charge in [0.05, 0.1) is 5.88 Å². The Balaban J connectivity index is 2.28. The minimum atomic E-state index is -2.28. The van der Waals surface area contributed by atoms with Gasteiger partial charge in [0.25, 0.3) is 0 Å². The van der Waals surface area contributed by atoms with Gasteiger partial charge in [-0.25, -0.2) is 8.42 Å². The maximum atomic E-state index is 10.5. The van der Waals surface area contributed by atoms with Crippen LogP contribution in [0.5, 0.6) is 0 Å². The molecule has 1 heterocycles. The van der Waals surface area contributed by atoms with E-state index in [0.717, 1.165) is 32.4 Å². The van der Waals surface area contributed by atoms with Gasteiger partial charge in [-0.05, 0) is 44.8 Å². The van der Waals surface area contributed by atoms with E-state index in [0.29, 0.717) is 12.5 Å². The van der Waals surface area contributed by atoms with Gasteiger partial charge < -0.3 is 11.5 Å². The number of hydrogen-bond donors (Lipinski definition) is 3. The highest BCUT2D eigenvalue weighted by atomic mass is 32.2. The van der Waals surface area contributed by atoms with Crippen LogP contribution in [0.3, 0.4) is 0 Å². The van der Waals surface area contributed by atoms with Gasteiger partial charge in [0.2, 0.25) is 0 Å². The lowest BCUT2D eigenvalue weighted by Crippen LogP contribution is -2.42. The molecule has 4 N–H and O–H groups in total. The van der Waals surface area contributed by atoms with E-state index < -0.39 is 10.7 Å². The van der Waals surface area contributed by atoms with E-state index in [1.165, 1.54) is 0 Å². The van der Waals surface area contributed by atoms with Crippen LogP contribution in [-0.2, 0) is 10.7 Å². The Morgan fingerprint density at radius 2 is 1.93 bits per heavy atom. The summed E-state index contributed by atoms with van der Waals surface area (Å²) in [7, 11) is -2.28. The molecular formula is C9H21N3O2S. The van der Waals surface area contributed by atoms with Crippen LogP contribution in [0.4, 0.5) is 0 Å². The summed E-state index contributed by atoms with van der Waals surface area (Å²) in [5.74, 6) is 0.697. The number of nitrogens with zero attached hydrogens (tertiary/aromatic N) is 1. The number of likely N-dealkylation sites (tertiary alicyclic amines) is 1. The highest BCUT2D eigenvalue weighted by Gasteiger charge is 2.23. The number of rotatable bonds is 5. The molecule has 0 bridgehead atoms. The molecule has 1 unspecified atom stereocenters. The van der Waals surface area contributed by atoms with Gasteiger partial charge in [0.1, 0.15) is 0 Å².